The van der Waals surface area contributed by atoms with Gasteiger partial charge in [0.2, 0.25) is 11.8 Å². The molecule has 5 aromatic carbocycles. The maximum Gasteiger partial charge on any atom is 0.354 e. The quantitative estimate of drug-likeness (QED) is 0.0244. The SMILES string of the molecule is CCOC(=O)c1cccc(OC)c1.CNc1ccc(-c2nnc(-c3cccc(OC)c3)o2)cc1.CNc1ccc(C(=O)O)cc1.COc1cccc(C(=O)NN)c1.Cn1cc[n+](C)c1Cl.NN. The van der Waals surface area contributed by atoms with Crippen molar-refractivity contribution in [2.24, 2.45) is 31.6 Å². The summed E-state index contributed by atoms with van der Waals surface area (Å²) in [5.41, 5.74) is 7.01. The molecule has 0 aliphatic rings. The van der Waals surface area contributed by atoms with E-state index in [0.717, 1.165) is 33.5 Å². The van der Waals surface area contributed by atoms with Gasteiger partial charge in [-0.1, -0.05) is 18.2 Å². The standard InChI is InChI=1S/C16H15N3O2.C10H12O3.C8H10N2O2.C8H9NO2.C5H8ClN2.H4N2/c1-17-13-8-6-11(7-9-13)15-18-19-16(21-15)12-4-3-5-14(10-12)20-2;1-3-13-10(11)8-5-4-6-9(7-8)12-2;1-12-7-4-2-3-6(5-7)8(11)10-9;1-9-7-4-2-6(3-5-7)8(10)11;1-7-3-4-8(2)5(7)6;1-2/h3-10,17H,1-2H3;4-7H,3H2,1-2H3;2-5H,9H2,1H3,(H,10,11);2-5,9H,1H3,(H,10,11);3-4H,1-2H3;1-2H2/q;;;;+1;. The van der Waals surface area contributed by atoms with Crippen molar-refractivity contribution >= 4 is 40.8 Å². The van der Waals surface area contributed by atoms with Gasteiger partial charge in [0.1, 0.15) is 29.6 Å². The van der Waals surface area contributed by atoms with E-state index in [1.165, 1.54) is 0 Å². The third kappa shape index (κ3) is 18.6. The first-order chi connectivity index (χ1) is 32.3. The Morgan fingerprint density at radius 1 is 0.716 bits per heavy atom. The number of methoxy groups -OCH3 is 3. The first-order valence-electron chi connectivity index (χ1n) is 20.0. The highest BCUT2D eigenvalue weighted by Crippen LogP contribution is 2.27. The molecule has 356 valence electrons. The minimum atomic E-state index is -0.896. The number of carboxylic acids is 1. The number of carbonyl (C=O) groups excluding carboxylic acids is 2. The number of ether oxygens (including phenoxy) is 4. The van der Waals surface area contributed by atoms with Crippen molar-refractivity contribution in [2.75, 3.05) is 52.7 Å². The van der Waals surface area contributed by atoms with Crippen LogP contribution in [0.2, 0.25) is 5.28 Å². The number of imidazole rings is 1. The van der Waals surface area contributed by atoms with Crippen LogP contribution in [0.15, 0.2) is 138 Å². The molecule has 2 aromatic heterocycles. The predicted molar refractivity (Wildman–Crippen MR) is 258 cm³/mol. The molecule has 0 atom stereocenters. The summed E-state index contributed by atoms with van der Waals surface area (Å²) in [6.45, 7) is 2.16. The van der Waals surface area contributed by atoms with Crippen molar-refractivity contribution in [3.05, 3.63) is 156 Å². The second kappa shape index (κ2) is 30.2. The van der Waals surface area contributed by atoms with Gasteiger partial charge in [0.25, 0.3) is 5.91 Å². The van der Waals surface area contributed by atoms with Gasteiger partial charge in [-0.25, -0.2) is 24.6 Å². The summed E-state index contributed by atoms with van der Waals surface area (Å²) in [7, 11) is 12.2. The lowest BCUT2D eigenvalue weighted by Gasteiger charge is -2.03. The van der Waals surface area contributed by atoms with E-state index in [1.807, 2.05) is 96.6 Å². The Bertz CT molecular complexity index is 2530. The number of hydrazine groups is 2. The van der Waals surface area contributed by atoms with E-state index in [2.05, 4.69) is 32.5 Å². The molecular weight excluding hydrogens is 884 g/mol. The lowest BCUT2D eigenvalue weighted by Crippen LogP contribution is -2.29. The number of esters is 1. The number of anilines is 2. The van der Waals surface area contributed by atoms with E-state index >= 15 is 0 Å². The van der Waals surface area contributed by atoms with Gasteiger partial charge in [0.05, 0.1) is 53.2 Å². The van der Waals surface area contributed by atoms with Crippen LogP contribution in [0, 0.1) is 0 Å². The number of hydrogen-bond donors (Lipinski definition) is 7. The lowest BCUT2D eigenvalue weighted by molar-refractivity contribution is -0.668. The smallest absolute Gasteiger partial charge is 0.354 e. The fourth-order valence-corrected chi connectivity index (χ4v) is 5.27. The van der Waals surface area contributed by atoms with Gasteiger partial charge >= 0.3 is 17.2 Å². The summed E-state index contributed by atoms with van der Waals surface area (Å²) >= 11 is 5.72. The third-order valence-corrected chi connectivity index (χ3v) is 9.26. The number of aromatic nitrogens is 4. The second-order valence-corrected chi connectivity index (χ2v) is 13.4. The molecule has 67 heavy (non-hydrogen) atoms. The molecule has 19 nitrogen and oxygen atoms in total. The van der Waals surface area contributed by atoms with Gasteiger partial charge in [-0.3, -0.25) is 21.9 Å². The summed E-state index contributed by atoms with van der Waals surface area (Å²) < 4.78 is 29.4. The van der Waals surface area contributed by atoms with Crippen molar-refractivity contribution < 1.29 is 47.4 Å². The number of hydrogen-bond acceptors (Lipinski definition) is 15. The van der Waals surface area contributed by atoms with E-state index < -0.39 is 5.97 Å². The predicted octanol–water partition coefficient (Wildman–Crippen LogP) is 6.37. The van der Waals surface area contributed by atoms with E-state index in [1.54, 1.807) is 108 Å². The Hall–Kier alpha value is -7.97. The number of halogens is 1. The summed E-state index contributed by atoms with van der Waals surface area (Å²) in [5, 5.41) is 23.4. The summed E-state index contributed by atoms with van der Waals surface area (Å²) in [5.74, 6) is 14.4. The molecule has 7 rings (SSSR count). The van der Waals surface area contributed by atoms with Crippen molar-refractivity contribution in [2.45, 2.75) is 6.92 Å². The average Bonchev–Trinajstić information content (AvgIpc) is 4.00. The summed E-state index contributed by atoms with van der Waals surface area (Å²) in [6.07, 6.45) is 3.81. The molecule has 20 heteroatoms. The minimum Gasteiger partial charge on any atom is -0.497 e. The lowest BCUT2D eigenvalue weighted by atomic mass is 10.2. The van der Waals surface area contributed by atoms with Gasteiger partial charge in [-0.2, -0.15) is 0 Å². The number of benzene rings is 5. The molecule has 0 saturated heterocycles. The molecule has 1 amide bonds. The van der Waals surface area contributed by atoms with Gasteiger partial charge in [-0.05, 0) is 110 Å². The van der Waals surface area contributed by atoms with Crippen LogP contribution >= 0.6 is 11.6 Å². The number of nitrogens with two attached hydrogens (primary N) is 3. The fraction of sp³-hybridized carbons (Fsp3) is 0.191. The molecule has 10 N–H and O–H groups in total. The second-order valence-electron chi connectivity index (χ2n) is 13.1. The van der Waals surface area contributed by atoms with Gasteiger partial charge in [0, 0.05) is 53.8 Å². The Kier molecular flexibility index (Phi) is 24.9. The molecule has 0 radical (unpaired) electrons. The number of nitrogens with zero attached hydrogens (tertiary/aromatic N) is 4. The van der Waals surface area contributed by atoms with Crippen molar-refractivity contribution in [3.63, 3.8) is 0 Å². The molecule has 0 saturated carbocycles. The number of aryl methyl sites for hydroxylation is 2. The van der Waals surface area contributed by atoms with Gasteiger partial charge < -0.3 is 39.1 Å². The number of carbonyl (C=O) groups is 3. The first kappa shape index (κ1) is 55.2. The zero-order chi connectivity index (χ0) is 49.7. The largest absolute Gasteiger partial charge is 0.497 e. The number of nitrogens with one attached hydrogen (secondary N) is 3. The van der Waals surface area contributed by atoms with Crippen LogP contribution < -0.4 is 52.4 Å². The van der Waals surface area contributed by atoms with Crippen molar-refractivity contribution in [1.29, 1.82) is 0 Å². The van der Waals surface area contributed by atoms with Crippen molar-refractivity contribution in [1.82, 2.24) is 20.2 Å². The van der Waals surface area contributed by atoms with Crippen LogP contribution in [-0.4, -0.2) is 79.7 Å². The van der Waals surface area contributed by atoms with E-state index in [-0.39, 0.29) is 11.9 Å². The fourth-order valence-electron chi connectivity index (χ4n) is 5.16. The normalized spacial score (nSPS) is 9.49. The number of nitrogen functional groups attached to an aromatic ring is 1. The van der Waals surface area contributed by atoms with Gasteiger partial charge in [0.15, 0.2) is 0 Å². The van der Waals surface area contributed by atoms with Crippen LogP contribution in [0.4, 0.5) is 11.4 Å². The van der Waals surface area contributed by atoms with Crippen LogP contribution in [-0.2, 0) is 18.8 Å². The molecule has 0 bridgehead atoms. The number of aromatic carboxylic acids is 1. The highest BCUT2D eigenvalue weighted by molar-refractivity contribution is 6.27. The van der Waals surface area contributed by atoms with E-state index in [4.69, 9.17) is 45.9 Å². The molecule has 0 aliphatic heterocycles. The minimum absolute atomic E-state index is 0.309. The highest BCUT2D eigenvalue weighted by Gasteiger charge is 2.12. The topological polar surface area (TPSA) is 270 Å². The molecule has 0 spiro atoms. The van der Waals surface area contributed by atoms with E-state index in [0.29, 0.717) is 46.6 Å². The molecule has 0 unspecified atom stereocenters. The van der Waals surface area contributed by atoms with Crippen molar-refractivity contribution in [3.8, 4) is 40.2 Å². The Labute approximate surface area is 394 Å². The maximum absolute atomic E-state index is 11.2. The molecule has 7 aromatic rings. The molecule has 0 fully saturated rings. The zero-order valence-corrected chi connectivity index (χ0v) is 39.3. The molecule has 0 aliphatic carbocycles. The summed E-state index contributed by atoms with van der Waals surface area (Å²) in [6, 6.07) is 35.5. The Morgan fingerprint density at radius 3 is 1.63 bits per heavy atom. The van der Waals surface area contributed by atoms with Crippen LogP contribution in [0.1, 0.15) is 38.0 Å². The monoisotopic (exact) mass is 941 g/mol. The Balaban J connectivity index is 0.000000296. The van der Waals surface area contributed by atoms with E-state index in [9.17, 15) is 14.4 Å². The maximum atomic E-state index is 11.2. The number of carboxylic acid groups (broad SMARTS) is 1. The summed E-state index contributed by atoms with van der Waals surface area (Å²) in [4.78, 5) is 32.6. The number of amides is 1. The van der Waals surface area contributed by atoms with Gasteiger partial charge in [-0.15, -0.1) is 10.2 Å². The molecular formula is C47H58ClN10O9+. The molecule has 2 heterocycles. The first-order valence-corrected chi connectivity index (χ1v) is 20.4. The zero-order valence-electron chi connectivity index (χ0n) is 38.5. The third-order valence-electron chi connectivity index (χ3n) is 8.72. The van der Waals surface area contributed by atoms with Crippen LogP contribution in [0.3, 0.4) is 0 Å². The van der Waals surface area contributed by atoms with Crippen LogP contribution in [0.5, 0.6) is 17.2 Å². The Morgan fingerprint density at radius 2 is 1.19 bits per heavy atom. The highest BCUT2D eigenvalue weighted by atomic mass is 35.5. The van der Waals surface area contributed by atoms with Crippen LogP contribution in [0.25, 0.3) is 22.9 Å². The number of rotatable bonds is 11. The average molecular weight is 942 g/mol.